The number of hydrogen-bond acceptors (Lipinski definition) is 9. The lowest BCUT2D eigenvalue weighted by molar-refractivity contribution is 0.297. The second-order valence-electron chi connectivity index (χ2n) is 10.2. The maximum Gasteiger partial charge on any atom is 0.301 e. The Morgan fingerprint density at radius 2 is 1.26 bits per heavy atom. The molecule has 0 radical (unpaired) electrons. The van der Waals surface area contributed by atoms with Crippen molar-refractivity contribution in [3.05, 3.63) is 152 Å². The quantitative estimate of drug-likeness (QED) is 0.116. The topological polar surface area (TPSA) is 170 Å². The van der Waals surface area contributed by atoms with Crippen LogP contribution in [-0.4, -0.2) is 29.8 Å². The molecule has 12 nitrogen and oxygen atoms in total. The van der Waals surface area contributed by atoms with Crippen LogP contribution in [0.2, 0.25) is 0 Å². The van der Waals surface area contributed by atoms with E-state index in [4.69, 9.17) is 20.4 Å². The van der Waals surface area contributed by atoms with Crippen LogP contribution in [0.15, 0.2) is 112 Å². The smallest absolute Gasteiger partial charge is 0.301 e. The number of aryl methyl sites for hydroxylation is 2. The molecule has 230 valence electrons. The van der Waals surface area contributed by atoms with Gasteiger partial charge in [-0.05, 0) is 48.2 Å². The van der Waals surface area contributed by atoms with E-state index in [-0.39, 0.29) is 47.5 Å². The number of nitrogens with zero attached hydrogens (tertiary/aromatic N) is 6. The van der Waals surface area contributed by atoms with E-state index in [1.807, 2.05) is 92.7 Å². The van der Waals surface area contributed by atoms with Crippen molar-refractivity contribution in [2.75, 3.05) is 0 Å². The third kappa shape index (κ3) is 6.84. The Morgan fingerprint density at radius 1 is 0.783 bits per heavy atom. The second kappa shape index (κ2) is 13.9. The van der Waals surface area contributed by atoms with Crippen molar-refractivity contribution in [2.45, 2.75) is 27.1 Å². The molecule has 0 fully saturated rings. The van der Waals surface area contributed by atoms with E-state index < -0.39 is 5.56 Å². The van der Waals surface area contributed by atoms with Crippen molar-refractivity contribution in [1.82, 2.24) is 18.8 Å². The number of nitrogens with two attached hydrogens (primary N) is 1. The molecule has 6 aromatic rings. The largest absolute Gasteiger partial charge is 0.481 e. The number of pyridine rings is 2. The summed E-state index contributed by atoms with van der Waals surface area (Å²) >= 11 is 0. The molecule has 2 aromatic carbocycles. The molecule has 6 rings (SSSR count). The first-order valence-electron chi connectivity index (χ1n) is 14.1. The van der Waals surface area contributed by atoms with Crippen LogP contribution in [0, 0.1) is 25.2 Å². The standard InChI is InChI=1S/C17H16N4O3.C17H13N3O2/c1-11-7-8-13-19-14(16(18)20-23)15(17(22)21(13)9-11)24-10-12-5-3-2-4-6-12;1-12-7-8-15-19-14(9-18)16(17(21)20(15)10-12)22-11-13-5-3-2-4-6-13/h2-9,23H,10H2,1H3,(H2,18,20);2-8,10H,11H2,1H3. The van der Waals surface area contributed by atoms with Gasteiger partial charge in [-0.2, -0.15) is 5.26 Å². The molecular formula is C34H29N7O5. The Hall–Kier alpha value is -6.48. The molecule has 0 saturated carbocycles. The number of ether oxygens (including phenoxy) is 2. The fraction of sp³-hybridized carbons (Fsp3) is 0.118. The molecule has 46 heavy (non-hydrogen) atoms. The first kappa shape index (κ1) is 31.0. The Labute approximate surface area is 262 Å². The summed E-state index contributed by atoms with van der Waals surface area (Å²) in [6.45, 7) is 4.13. The molecule has 0 spiro atoms. The molecule has 0 aliphatic carbocycles. The van der Waals surface area contributed by atoms with Crippen molar-refractivity contribution in [3.8, 4) is 17.6 Å². The van der Waals surface area contributed by atoms with Crippen molar-refractivity contribution in [1.29, 1.82) is 5.26 Å². The van der Waals surface area contributed by atoms with Gasteiger partial charge in [-0.15, -0.1) is 0 Å². The van der Waals surface area contributed by atoms with Crippen molar-refractivity contribution >= 4 is 17.1 Å². The van der Waals surface area contributed by atoms with Gasteiger partial charge < -0.3 is 20.4 Å². The number of amidine groups is 1. The zero-order chi connectivity index (χ0) is 32.6. The van der Waals surface area contributed by atoms with Gasteiger partial charge in [0.2, 0.25) is 11.5 Å². The van der Waals surface area contributed by atoms with E-state index in [1.54, 1.807) is 24.5 Å². The average Bonchev–Trinajstić information content (AvgIpc) is 3.08. The minimum absolute atomic E-state index is 0.00443. The Morgan fingerprint density at radius 3 is 1.76 bits per heavy atom. The monoisotopic (exact) mass is 615 g/mol. The van der Waals surface area contributed by atoms with E-state index >= 15 is 0 Å². The molecule has 0 atom stereocenters. The van der Waals surface area contributed by atoms with Crippen LogP contribution in [0.25, 0.3) is 11.3 Å². The van der Waals surface area contributed by atoms with E-state index in [0.717, 1.165) is 22.3 Å². The predicted octanol–water partition coefficient (Wildman–Crippen LogP) is 4.13. The highest BCUT2D eigenvalue weighted by Gasteiger charge is 2.18. The molecule has 0 aliphatic heterocycles. The Bertz CT molecular complexity index is 2210. The summed E-state index contributed by atoms with van der Waals surface area (Å²) in [5.41, 5.74) is 9.34. The van der Waals surface area contributed by atoms with Gasteiger partial charge in [0, 0.05) is 12.4 Å². The van der Waals surface area contributed by atoms with Crippen LogP contribution in [0.4, 0.5) is 0 Å². The molecule has 3 N–H and O–H groups in total. The lowest BCUT2D eigenvalue weighted by Gasteiger charge is -2.11. The lowest BCUT2D eigenvalue weighted by atomic mass is 10.2. The number of rotatable bonds is 7. The van der Waals surface area contributed by atoms with Crippen LogP contribution >= 0.6 is 0 Å². The summed E-state index contributed by atoms with van der Waals surface area (Å²) in [5, 5.41) is 21.1. The summed E-state index contributed by atoms with van der Waals surface area (Å²) in [6, 6.07) is 27.8. The van der Waals surface area contributed by atoms with Crippen molar-refractivity contribution in [3.63, 3.8) is 0 Å². The fourth-order valence-electron chi connectivity index (χ4n) is 4.47. The first-order valence-corrected chi connectivity index (χ1v) is 14.1. The number of oxime groups is 1. The van der Waals surface area contributed by atoms with E-state index in [0.29, 0.717) is 11.3 Å². The maximum absolute atomic E-state index is 12.7. The highest BCUT2D eigenvalue weighted by molar-refractivity contribution is 5.98. The summed E-state index contributed by atoms with van der Waals surface area (Å²) in [5.74, 6) is -0.357. The van der Waals surface area contributed by atoms with Crippen molar-refractivity contribution in [2.24, 2.45) is 10.9 Å². The fourth-order valence-corrected chi connectivity index (χ4v) is 4.47. The molecule has 0 unspecified atom stereocenters. The zero-order valence-electron chi connectivity index (χ0n) is 25.0. The van der Waals surface area contributed by atoms with Gasteiger partial charge in [-0.1, -0.05) is 78.0 Å². The van der Waals surface area contributed by atoms with Gasteiger partial charge in [0.15, 0.2) is 17.2 Å². The third-order valence-electron chi connectivity index (χ3n) is 6.77. The van der Waals surface area contributed by atoms with E-state index in [2.05, 4.69) is 15.1 Å². The Kier molecular flexibility index (Phi) is 9.34. The summed E-state index contributed by atoms with van der Waals surface area (Å²) in [6.07, 6.45) is 3.34. The van der Waals surface area contributed by atoms with Crippen LogP contribution in [0.1, 0.15) is 33.6 Å². The molecule has 0 saturated heterocycles. The highest BCUT2D eigenvalue weighted by Crippen LogP contribution is 2.16. The number of nitriles is 1. The van der Waals surface area contributed by atoms with Crippen LogP contribution in [-0.2, 0) is 13.2 Å². The molecular weight excluding hydrogens is 586 g/mol. The van der Waals surface area contributed by atoms with Gasteiger partial charge in [0.1, 0.15) is 30.6 Å². The minimum atomic E-state index is -0.416. The molecule has 12 heteroatoms. The van der Waals surface area contributed by atoms with E-state index in [9.17, 15) is 14.9 Å². The number of aromatic nitrogens is 4. The molecule has 0 bridgehead atoms. The predicted molar refractivity (Wildman–Crippen MR) is 171 cm³/mol. The summed E-state index contributed by atoms with van der Waals surface area (Å²) < 4.78 is 14.0. The summed E-state index contributed by atoms with van der Waals surface area (Å²) in [7, 11) is 0. The van der Waals surface area contributed by atoms with E-state index in [1.165, 1.54) is 8.80 Å². The SMILES string of the molecule is Cc1ccc2nc(/C(N)=N/O)c(OCc3ccccc3)c(=O)n2c1.Cc1ccc2nc(C#N)c(OCc3ccccc3)c(=O)n2c1. The second-order valence-corrected chi connectivity index (χ2v) is 10.2. The molecule has 0 amide bonds. The van der Waals surface area contributed by atoms with Crippen molar-refractivity contribution < 1.29 is 14.7 Å². The van der Waals surface area contributed by atoms with Gasteiger partial charge in [0.25, 0.3) is 0 Å². The molecule has 4 aromatic heterocycles. The number of fused-ring (bicyclic) bond motifs is 2. The maximum atomic E-state index is 12.7. The van der Waals surface area contributed by atoms with Crippen LogP contribution in [0.5, 0.6) is 11.5 Å². The van der Waals surface area contributed by atoms with Crippen LogP contribution < -0.4 is 26.3 Å². The minimum Gasteiger partial charge on any atom is -0.481 e. The highest BCUT2D eigenvalue weighted by atomic mass is 16.5. The molecule has 4 heterocycles. The third-order valence-corrected chi connectivity index (χ3v) is 6.77. The van der Waals surface area contributed by atoms with Gasteiger partial charge >= 0.3 is 11.1 Å². The Balaban J connectivity index is 0.000000182. The zero-order valence-corrected chi connectivity index (χ0v) is 25.0. The number of benzene rings is 2. The van der Waals surface area contributed by atoms with Gasteiger partial charge in [-0.25, -0.2) is 9.97 Å². The normalized spacial score (nSPS) is 11.0. The lowest BCUT2D eigenvalue weighted by Crippen LogP contribution is -2.26. The van der Waals surface area contributed by atoms with Gasteiger partial charge in [0.05, 0.1) is 0 Å². The van der Waals surface area contributed by atoms with Crippen LogP contribution in [0.3, 0.4) is 0 Å². The average molecular weight is 616 g/mol. The van der Waals surface area contributed by atoms with Gasteiger partial charge in [-0.3, -0.25) is 18.4 Å². The first-order chi connectivity index (χ1) is 22.3. The molecule has 0 aliphatic rings. The number of hydrogen-bond donors (Lipinski definition) is 2. The summed E-state index contributed by atoms with van der Waals surface area (Å²) in [4.78, 5) is 33.7.